The van der Waals surface area contributed by atoms with Crippen LogP contribution in [0, 0.1) is 11.7 Å². The highest BCUT2D eigenvalue weighted by Gasteiger charge is 2.23. The maximum Gasteiger partial charge on any atom is 0.161 e. The molecule has 2 aromatic rings. The van der Waals surface area contributed by atoms with E-state index in [4.69, 9.17) is 9.47 Å². The molecule has 0 radical (unpaired) electrons. The number of halogens is 1. The summed E-state index contributed by atoms with van der Waals surface area (Å²) in [6.45, 7) is 5.04. The van der Waals surface area contributed by atoms with Gasteiger partial charge in [-0.15, -0.1) is 0 Å². The van der Waals surface area contributed by atoms with Gasteiger partial charge < -0.3 is 14.6 Å². The average molecular weight is 373 g/mol. The van der Waals surface area contributed by atoms with Crippen molar-refractivity contribution < 1.29 is 19.0 Å². The molecule has 0 aromatic heterocycles. The third-order valence-corrected chi connectivity index (χ3v) is 5.17. The number of aliphatic hydroxyl groups excluding tert-OH is 1. The minimum Gasteiger partial charge on any atom is -0.493 e. The predicted octanol–water partition coefficient (Wildman–Crippen LogP) is 4.01. The molecule has 1 aliphatic heterocycles. The molecule has 2 atom stereocenters. The van der Waals surface area contributed by atoms with E-state index in [-0.39, 0.29) is 11.9 Å². The summed E-state index contributed by atoms with van der Waals surface area (Å²) in [5.41, 5.74) is 2.06. The van der Waals surface area contributed by atoms with E-state index in [1.165, 1.54) is 12.1 Å². The number of hydrogen-bond donors (Lipinski definition) is 1. The maximum absolute atomic E-state index is 13.0. The van der Waals surface area contributed by atoms with Crippen LogP contribution in [0.4, 0.5) is 4.39 Å². The van der Waals surface area contributed by atoms with Crippen LogP contribution < -0.4 is 9.47 Å². The average Bonchev–Trinajstić information content (AvgIpc) is 2.68. The van der Waals surface area contributed by atoms with Gasteiger partial charge in [-0.05, 0) is 67.6 Å². The number of aliphatic hydroxyl groups is 1. The van der Waals surface area contributed by atoms with Crippen molar-refractivity contribution in [1.29, 1.82) is 0 Å². The molecule has 3 rings (SSSR count). The van der Waals surface area contributed by atoms with Crippen molar-refractivity contribution in [3.8, 4) is 11.5 Å². The number of hydrogen-bond acceptors (Lipinski definition) is 4. The fourth-order valence-electron chi connectivity index (χ4n) is 3.56. The largest absolute Gasteiger partial charge is 0.493 e. The molecule has 2 aromatic carbocycles. The Hall–Kier alpha value is -2.11. The van der Waals surface area contributed by atoms with Gasteiger partial charge in [0.2, 0.25) is 0 Å². The van der Waals surface area contributed by atoms with Gasteiger partial charge in [-0.25, -0.2) is 4.39 Å². The van der Waals surface area contributed by atoms with Gasteiger partial charge in [0.1, 0.15) is 12.4 Å². The Kier molecular flexibility index (Phi) is 6.69. The van der Waals surface area contributed by atoms with Crippen molar-refractivity contribution >= 4 is 0 Å². The summed E-state index contributed by atoms with van der Waals surface area (Å²) in [7, 11) is 1.63. The summed E-state index contributed by atoms with van der Waals surface area (Å²) < 4.78 is 24.3. The fourth-order valence-corrected chi connectivity index (χ4v) is 3.56. The van der Waals surface area contributed by atoms with Crippen molar-refractivity contribution in [3.63, 3.8) is 0 Å². The summed E-state index contributed by atoms with van der Waals surface area (Å²) in [4.78, 5) is 2.38. The van der Waals surface area contributed by atoms with Crippen molar-refractivity contribution in [2.75, 3.05) is 20.2 Å². The normalized spacial score (nSPS) is 18.9. The van der Waals surface area contributed by atoms with Gasteiger partial charge in [0, 0.05) is 13.1 Å². The van der Waals surface area contributed by atoms with Gasteiger partial charge in [0.25, 0.3) is 0 Å². The molecular weight excluding hydrogens is 345 g/mol. The second-order valence-corrected chi connectivity index (χ2v) is 7.28. The lowest BCUT2D eigenvalue weighted by Gasteiger charge is -2.34. The zero-order valence-electron chi connectivity index (χ0n) is 16.0. The summed E-state index contributed by atoms with van der Waals surface area (Å²) in [5.74, 6) is 1.46. The van der Waals surface area contributed by atoms with Crippen molar-refractivity contribution in [2.24, 2.45) is 5.92 Å². The van der Waals surface area contributed by atoms with E-state index >= 15 is 0 Å². The van der Waals surface area contributed by atoms with Crippen LogP contribution in [0.25, 0.3) is 0 Å². The summed E-state index contributed by atoms with van der Waals surface area (Å²) in [5, 5.41) is 9.86. The van der Waals surface area contributed by atoms with Gasteiger partial charge in [-0.1, -0.05) is 18.2 Å². The number of ether oxygens (including phenoxy) is 2. The van der Waals surface area contributed by atoms with Crippen LogP contribution in [0.3, 0.4) is 0 Å². The standard InChI is InChI=1S/C22H28FNO3/c1-16(25)19-4-3-11-24(14-19)13-18-7-10-21(22(12-18)26-2)27-15-17-5-8-20(23)9-6-17/h5-10,12,16,19,25H,3-4,11,13-15H2,1-2H3. The third-order valence-electron chi connectivity index (χ3n) is 5.17. The fraction of sp³-hybridized carbons (Fsp3) is 0.455. The molecule has 1 N–H and O–H groups in total. The smallest absolute Gasteiger partial charge is 0.161 e. The van der Waals surface area contributed by atoms with Crippen LogP contribution in [-0.2, 0) is 13.2 Å². The number of benzene rings is 2. The van der Waals surface area contributed by atoms with E-state index in [2.05, 4.69) is 11.0 Å². The highest BCUT2D eigenvalue weighted by atomic mass is 19.1. The number of methoxy groups -OCH3 is 1. The molecule has 146 valence electrons. The second-order valence-electron chi connectivity index (χ2n) is 7.28. The molecule has 1 heterocycles. The van der Waals surface area contributed by atoms with E-state index in [1.807, 2.05) is 19.1 Å². The molecule has 0 bridgehead atoms. The molecule has 5 heteroatoms. The quantitative estimate of drug-likeness (QED) is 0.796. The molecule has 1 fully saturated rings. The first-order valence-electron chi connectivity index (χ1n) is 9.49. The number of likely N-dealkylation sites (tertiary alicyclic amines) is 1. The van der Waals surface area contributed by atoms with Crippen LogP contribution in [0.2, 0.25) is 0 Å². The summed E-state index contributed by atoms with van der Waals surface area (Å²) in [6.07, 6.45) is 1.95. The van der Waals surface area contributed by atoms with Crippen LogP contribution in [-0.4, -0.2) is 36.3 Å². The monoisotopic (exact) mass is 373 g/mol. The third kappa shape index (κ3) is 5.44. The molecule has 2 unspecified atom stereocenters. The number of nitrogens with zero attached hydrogens (tertiary/aromatic N) is 1. The Balaban J connectivity index is 1.62. The van der Waals surface area contributed by atoms with Crippen molar-refractivity contribution in [1.82, 2.24) is 4.90 Å². The Morgan fingerprint density at radius 1 is 1.15 bits per heavy atom. The number of piperidine rings is 1. The number of rotatable bonds is 7. The molecular formula is C22H28FNO3. The Labute approximate surface area is 160 Å². The van der Waals surface area contributed by atoms with Gasteiger partial charge in [-0.2, -0.15) is 0 Å². The molecule has 0 aliphatic carbocycles. The SMILES string of the molecule is COc1cc(CN2CCCC(C(C)O)C2)ccc1OCc1ccc(F)cc1. The van der Waals surface area contributed by atoms with Crippen LogP contribution in [0.5, 0.6) is 11.5 Å². The van der Waals surface area contributed by atoms with Gasteiger partial charge in [-0.3, -0.25) is 4.90 Å². The summed E-state index contributed by atoms with van der Waals surface area (Å²) >= 11 is 0. The zero-order valence-corrected chi connectivity index (χ0v) is 16.0. The van der Waals surface area contributed by atoms with Gasteiger partial charge in [0.15, 0.2) is 11.5 Å². The molecule has 0 saturated carbocycles. The van der Waals surface area contributed by atoms with E-state index < -0.39 is 0 Å². The predicted molar refractivity (Wildman–Crippen MR) is 103 cm³/mol. The van der Waals surface area contributed by atoms with Crippen LogP contribution in [0.1, 0.15) is 30.9 Å². The lowest BCUT2D eigenvalue weighted by molar-refractivity contribution is 0.0598. The minimum atomic E-state index is -0.260. The van der Waals surface area contributed by atoms with Gasteiger partial charge in [0.05, 0.1) is 13.2 Å². The van der Waals surface area contributed by atoms with E-state index in [0.717, 1.165) is 43.6 Å². The van der Waals surface area contributed by atoms with Crippen LogP contribution in [0.15, 0.2) is 42.5 Å². The second kappa shape index (κ2) is 9.20. The topological polar surface area (TPSA) is 41.9 Å². The Morgan fingerprint density at radius 3 is 2.59 bits per heavy atom. The Morgan fingerprint density at radius 2 is 1.89 bits per heavy atom. The maximum atomic E-state index is 13.0. The molecule has 4 nitrogen and oxygen atoms in total. The first-order valence-corrected chi connectivity index (χ1v) is 9.49. The molecule has 1 saturated heterocycles. The highest BCUT2D eigenvalue weighted by Crippen LogP contribution is 2.30. The zero-order chi connectivity index (χ0) is 19.2. The van der Waals surface area contributed by atoms with Crippen molar-refractivity contribution in [2.45, 2.75) is 39.0 Å². The van der Waals surface area contributed by atoms with Crippen molar-refractivity contribution in [3.05, 3.63) is 59.4 Å². The van der Waals surface area contributed by atoms with E-state index in [1.54, 1.807) is 19.2 Å². The molecule has 0 amide bonds. The van der Waals surface area contributed by atoms with Gasteiger partial charge >= 0.3 is 0 Å². The molecule has 1 aliphatic rings. The highest BCUT2D eigenvalue weighted by molar-refractivity contribution is 5.43. The summed E-state index contributed by atoms with van der Waals surface area (Å²) in [6, 6.07) is 12.3. The van der Waals surface area contributed by atoms with Crippen LogP contribution >= 0.6 is 0 Å². The lowest BCUT2D eigenvalue weighted by atomic mass is 9.93. The lowest BCUT2D eigenvalue weighted by Crippen LogP contribution is -2.39. The van der Waals surface area contributed by atoms with E-state index in [0.29, 0.717) is 24.0 Å². The first-order chi connectivity index (χ1) is 13.0. The van der Waals surface area contributed by atoms with E-state index in [9.17, 15) is 9.50 Å². The molecule has 27 heavy (non-hydrogen) atoms. The minimum absolute atomic E-state index is 0.253. The first kappa shape index (κ1) is 19.6. The Bertz CT molecular complexity index is 733. The molecule has 0 spiro atoms.